The van der Waals surface area contributed by atoms with Crippen LogP contribution in [0.2, 0.25) is 0 Å². The van der Waals surface area contributed by atoms with E-state index < -0.39 is 11.9 Å². The van der Waals surface area contributed by atoms with Gasteiger partial charge in [-0.05, 0) is 20.3 Å². The summed E-state index contributed by atoms with van der Waals surface area (Å²) in [5.74, 6) is -1.31. The van der Waals surface area contributed by atoms with Crippen LogP contribution in [-0.2, 0) is 4.79 Å². The molecule has 7 heteroatoms. The Kier molecular flexibility index (Phi) is 5.75. The van der Waals surface area contributed by atoms with Crippen LogP contribution in [0.5, 0.6) is 0 Å². The Balaban J connectivity index is 2.29. The first-order valence-electron chi connectivity index (χ1n) is 6.09. The number of hydrogen-bond acceptors (Lipinski definition) is 4. The van der Waals surface area contributed by atoms with E-state index in [-0.39, 0.29) is 12.1 Å². The standard InChI is InChI=1S/C12H19N3O3S/c1-7(11(16)17)4-5-13-12(18)15-9(3)10-14-6-8(2)19-10/h6-7,9H,4-5H2,1-3H3,(H,16,17)(H2,13,15,18). The van der Waals surface area contributed by atoms with E-state index in [1.165, 1.54) is 11.3 Å². The molecule has 0 saturated carbocycles. The van der Waals surface area contributed by atoms with Gasteiger partial charge in [-0.25, -0.2) is 9.78 Å². The second-order valence-corrected chi connectivity index (χ2v) is 5.73. The molecular weight excluding hydrogens is 266 g/mol. The minimum absolute atomic E-state index is 0.157. The van der Waals surface area contributed by atoms with E-state index in [9.17, 15) is 9.59 Å². The highest BCUT2D eigenvalue weighted by Crippen LogP contribution is 2.18. The molecule has 2 atom stereocenters. The first-order valence-corrected chi connectivity index (χ1v) is 6.91. The average Bonchev–Trinajstić information content (AvgIpc) is 2.75. The Hall–Kier alpha value is -1.63. The lowest BCUT2D eigenvalue weighted by molar-refractivity contribution is -0.141. The summed E-state index contributed by atoms with van der Waals surface area (Å²) >= 11 is 1.54. The summed E-state index contributed by atoms with van der Waals surface area (Å²) < 4.78 is 0. The summed E-state index contributed by atoms with van der Waals surface area (Å²) in [7, 11) is 0. The minimum Gasteiger partial charge on any atom is -0.481 e. The number of carboxylic acids is 1. The number of hydrogen-bond donors (Lipinski definition) is 3. The summed E-state index contributed by atoms with van der Waals surface area (Å²) in [5.41, 5.74) is 0. The predicted octanol–water partition coefficient (Wildman–Crippen LogP) is 1.92. The van der Waals surface area contributed by atoms with Gasteiger partial charge in [-0.2, -0.15) is 0 Å². The fourth-order valence-corrected chi connectivity index (χ4v) is 2.18. The van der Waals surface area contributed by atoms with Crippen LogP contribution >= 0.6 is 11.3 Å². The highest BCUT2D eigenvalue weighted by atomic mass is 32.1. The van der Waals surface area contributed by atoms with Crippen molar-refractivity contribution < 1.29 is 14.7 Å². The van der Waals surface area contributed by atoms with Crippen LogP contribution in [0.4, 0.5) is 4.79 Å². The van der Waals surface area contributed by atoms with Gasteiger partial charge in [-0.3, -0.25) is 4.79 Å². The number of nitrogens with one attached hydrogen (secondary N) is 2. The smallest absolute Gasteiger partial charge is 0.315 e. The van der Waals surface area contributed by atoms with Crippen molar-refractivity contribution >= 4 is 23.3 Å². The number of aryl methyl sites for hydroxylation is 1. The van der Waals surface area contributed by atoms with Gasteiger partial charge in [0.15, 0.2) is 0 Å². The molecular formula is C12H19N3O3S. The Bertz CT molecular complexity index is 447. The second-order valence-electron chi connectivity index (χ2n) is 4.46. The first kappa shape index (κ1) is 15.4. The minimum atomic E-state index is -0.853. The number of amides is 2. The van der Waals surface area contributed by atoms with Crippen LogP contribution in [0.1, 0.15) is 36.2 Å². The summed E-state index contributed by atoms with van der Waals surface area (Å²) in [6, 6.07) is -0.464. The number of carbonyl (C=O) groups excluding carboxylic acids is 1. The normalized spacial score (nSPS) is 13.6. The summed E-state index contributed by atoms with van der Waals surface area (Å²) in [4.78, 5) is 27.5. The number of aromatic nitrogens is 1. The van der Waals surface area contributed by atoms with E-state index in [1.54, 1.807) is 13.1 Å². The van der Waals surface area contributed by atoms with Gasteiger partial charge in [0.1, 0.15) is 5.01 Å². The molecule has 106 valence electrons. The van der Waals surface area contributed by atoms with Crippen molar-refractivity contribution in [3.05, 3.63) is 16.1 Å². The molecule has 3 N–H and O–H groups in total. The van der Waals surface area contributed by atoms with Crippen LogP contribution in [0.3, 0.4) is 0 Å². The Morgan fingerprint density at radius 2 is 2.16 bits per heavy atom. The highest BCUT2D eigenvalue weighted by molar-refractivity contribution is 7.11. The van der Waals surface area contributed by atoms with E-state index in [2.05, 4.69) is 15.6 Å². The number of aliphatic carboxylic acids is 1. The van der Waals surface area contributed by atoms with Crippen LogP contribution in [0.15, 0.2) is 6.20 Å². The van der Waals surface area contributed by atoms with Crippen molar-refractivity contribution in [3.63, 3.8) is 0 Å². The van der Waals surface area contributed by atoms with Crippen LogP contribution in [0, 0.1) is 12.8 Å². The maximum atomic E-state index is 11.6. The third-order valence-corrected chi connectivity index (χ3v) is 3.74. The summed E-state index contributed by atoms with van der Waals surface area (Å²) in [6.07, 6.45) is 2.18. The first-order chi connectivity index (χ1) is 8.90. The predicted molar refractivity (Wildman–Crippen MR) is 73.2 cm³/mol. The molecule has 0 aliphatic rings. The summed E-state index contributed by atoms with van der Waals surface area (Å²) in [5, 5.41) is 15.0. The van der Waals surface area contributed by atoms with Gasteiger partial charge in [0.2, 0.25) is 0 Å². The van der Waals surface area contributed by atoms with Gasteiger partial charge in [0.25, 0.3) is 0 Å². The molecule has 19 heavy (non-hydrogen) atoms. The van der Waals surface area contributed by atoms with Gasteiger partial charge in [0.05, 0.1) is 12.0 Å². The lowest BCUT2D eigenvalue weighted by Crippen LogP contribution is -2.38. The van der Waals surface area contributed by atoms with Crippen molar-refractivity contribution in [2.75, 3.05) is 6.54 Å². The average molecular weight is 285 g/mol. The molecule has 0 aliphatic heterocycles. The fourth-order valence-electron chi connectivity index (χ4n) is 1.41. The second kappa shape index (κ2) is 7.08. The van der Waals surface area contributed by atoms with Gasteiger partial charge >= 0.3 is 12.0 Å². The molecule has 1 aromatic heterocycles. The van der Waals surface area contributed by atoms with Gasteiger partial charge in [0, 0.05) is 17.6 Å². The van der Waals surface area contributed by atoms with Crippen molar-refractivity contribution in [1.82, 2.24) is 15.6 Å². The highest BCUT2D eigenvalue weighted by Gasteiger charge is 2.14. The van der Waals surface area contributed by atoms with Gasteiger partial charge < -0.3 is 15.7 Å². The number of urea groups is 1. The quantitative estimate of drug-likeness (QED) is 0.744. The monoisotopic (exact) mass is 285 g/mol. The van der Waals surface area contributed by atoms with Crippen LogP contribution in [0.25, 0.3) is 0 Å². The van der Waals surface area contributed by atoms with Gasteiger partial charge in [-0.1, -0.05) is 6.92 Å². The topological polar surface area (TPSA) is 91.3 Å². The lowest BCUT2D eigenvalue weighted by atomic mass is 10.1. The van der Waals surface area contributed by atoms with Crippen molar-refractivity contribution in [3.8, 4) is 0 Å². The SMILES string of the molecule is Cc1cnc(C(C)NC(=O)NCCC(C)C(=O)O)s1. The van der Waals surface area contributed by atoms with Crippen molar-refractivity contribution in [1.29, 1.82) is 0 Å². The summed E-state index contributed by atoms with van der Waals surface area (Å²) in [6.45, 7) is 5.77. The molecule has 2 amide bonds. The zero-order valence-corrected chi connectivity index (χ0v) is 12.1. The van der Waals surface area contributed by atoms with E-state index in [0.717, 1.165) is 9.88 Å². The third kappa shape index (κ3) is 5.25. The number of carbonyl (C=O) groups is 2. The Labute approximate surface area is 116 Å². The molecule has 1 aromatic rings. The van der Waals surface area contributed by atoms with Crippen molar-refractivity contribution in [2.24, 2.45) is 5.92 Å². The van der Waals surface area contributed by atoms with Gasteiger partial charge in [-0.15, -0.1) is 11.3 Å². The Morgan fingerprint density at radius 3 is 2.68 bits per heavy atom. The molecule has 0 saturated heterocycles. The van der Waals surface area contributed by atoms with E-state index in [0.29, 0.717) is 13.0 Å². The number of thiazole rings is 1. The molecule has 0 fully saturated rings. The largest absolute Gasteiger partial charge is 0.481 e. The maximum absolute atomic E-state index is 11.6. The molecule has 0 spiro atoms. The molecule has 1 rings (SSSR count). The zero-order chi connectivity index (χ0) is 14.4. The van der Waals surface area contributed by atoms with E-state index >= 15 is 0 Å². The number of rotatable bonds is 6. The van der Waals surface area contributed by atoms with E-state index in [1.807, 2.05) is 13.8 Å². The number of nitrogens with zero attached hydrogens (tertiary/aromatic N) is 1. The molecule has 0 bridgehead atoms. The fraction of sp³-hybridized carbons (Fsp3) is 0.583. The molecule has 0 radical (unpaired) electrons. The van der Waals surface area contributed by atoms with Crippen molar-refractivity contribution in [2.45, 2.75) is 33.2 Å². The third-order valence-electron chi connectivity index (χ3n) is 2.64. The molecule has 1 heterocycles. The van der Waals surface area contributed by atoms with Crippen LogP contribution in [-0.4, -0.2) is 28.6 Å². The van der Waals surface area contributed by atoms with E-state index in [4.69, 9.17) is 5.11 Å². The molecule has 2 unspecified atom stereocenters. The maximum Gasteiger partial charge on any atom is 0.315 e. The molecule has 0 aliphatic carbocycles. The molecule has 0 aromatic carbocycles. The lowest BCUT2D eigenvalue weighted by Gasteiger charge is -2.13. The Morgan fingerprint density at radius 1 is 1.47 bits per heavy atom. The molecule has 6 nitrogen and oxygen atoms in total. The number of carboxylic acid groups (broad SMARTS) is 1. The van der Waals surface area contributed by atoms with Crippen LogP contribution < -0.4 is 10.6 Å². The zero-order valence-electron chi connectivity index (χ0n) is 11.3.